The number of rotatable bonds is 26. The molecule has 44 heavy (non-hydrogen) atoms. The Kier molecular flexibility index (Phi) is 22.3. The fourth-order valence-corrected chi connectivity index (χ4v) is 3.62. The van der Waals surface area contributed by atoms with Gasteiger partial charge in [-0.1, -0.05) is 43.2 Å². The van der Waals surface area contributed by atoms with Crippen LogP contribution in [0.4, 0.5) is 0 Å². The summed E-state index contributed by atoms with van der Waals surface area (Å²) in [6.45, 7) is 7.89. The first-order chi connectivity index (χ1) is 21.4. The zero-order chi connectivity index (χ0) is 32.1. The van der Waals surface area contributed by atoms with Gasteiger partial charge in [-0.05, 0) is 39.2 Å². The smallest absolute Gasteiger partial charge is 0.333 e. The van der Waals surface area contributed by atoms with Crippen LogP contribution in [0.15, 0.2) is 67.3 Å². The molecule has 0 N–H and O–H groups in total. The summed E-state index contributed by atoms with van der Waals surface area (Å²) in [4.78, 5) is 35.0. The molecule has 0 aliphatic carbocycles. The van der Waals surface area contributed by atoms with E-state index < -0.39 is 23.3 Å². The third-order valence-electron chi connectivity index (χ3n) is 5.78. The van der Waals surface area contributed by atoms with E-state index in [9.17, 15) is 14.4 Å². The van der Waals surface area contributed by atoms with Crippen LogP contribution in [0, 0.1) is 5.41 Å². The van der Waals surface area contributed by atoms with Gasteiger partial charge in [-0.25, -0.2) is 14.4 Å². The molecule has 0 radical (unpaired) electrons. The number of ether oxygens (including phenoxy) is 8. The second kappa shape index (κ2) is 25.6. The van der Waals surface area contributed by atoms with Crippen LogP contribution in [0.1, 0.15) is 52.0 Å². The molecule has 0 amide bonds. The van der Waals surface area contributed by atoms with E-state index in [1.165, 1.54) is 37.0 Å². The van der Waals surface area contributed by atoms with Gasteiger partial charge in [0.05, 0.1) is 75.5 Å². The molecular weight excluding hydrogens is 572 g/mol. The van der Waals surface area contributed by atoms with Gasteiger partial charge in [0.1, 0.15) is 19.8 Å². The highest BCUT2D eigenvalue weighted by Gasteiger charge is 2.34. The Labute approximate surface area is 261 Å². The molecular formula is C33H48O11. The fraction of sp³-hybridized carbons (Fsp3) is 0.545. The summed E-state index contributed by atoms with van der Waals surface area (Å²) >= 11 is 0. The summed E-state index contributed by atoms with van der Waals surface area (Å²) in [5, 5.41) is 0. The van der Waals surface area contributed by atoms with Crippen molar-refractivity contribution in [1.82, 2.24) is 0 Å². The van der Waals surface area contributed by atoms with Crippen molar-refractivity contribution in [3.63, 3.8) is 0 Å². The van der Waals surface area contributed by atoms with Crippen molar-refractivity contribution < 1.29 is 52.3 Å². The van der Waals surface area contributed by atoms with Gasteiger partial charge in [0.15, 0.2) is 0 Å². The minimum atomic E-state index is -0.887. The predicted molar refractivity (Wildman–Crippen MR) is 163 cm³/mol. The molecule has 0 aliphatic heterocycles. The van der Waals surface area contributed by atoms with E-state index in [-0.39, 0.29) is 46.2 Å². The van der Waals surface area contributed by atoms with Gasteiger partial charge in [0, 0.05) is 13.2 Å². The monoisotopic (exact) mass is 620 g/mol. The molecule has 11 nitrogen and oxygen atoms in total. The number of benzene rings is 1. The van der Waals surface area contributed by atoms with Crippen LogP contribution < -0.4 is 0 Å². The van der Waals surface area contributed by atoms with Crippen LogP contribution in [0.2, 0.25) is 0 Å². The summed E-state index contributed by atoms with van der Waals surface area (Å²) in [6, 6.07) is 10.1. The molecule has 246 valence electrons. The molecule has 0 fully saturated rings. The molecule has 0 aromatic heterocycles. The molecule has 1 aromatic carbocycles. The van der Waals surface area contributed by atoms with Crippen molar-refractivity contribution in [2.75, 3.05) is 59.5 Å². The second-order valence-corrected chi connectivity index (χ2v) is 9.60. The summed E-state index contributed by atoms with van der Waals surface area (Å²) < 4.78 is 43.3. The average Bonchev–Trinajstić information content (AvgIpc) is 3.01. The molecule has 0 spiro atoms. The zero-order valence-corrected chi connectivity index (χ0v) is 26.2. The molecule has 0 unspecified atom stereocenters. The average molecular weight is 621 g/mol. The normalized spacial score (nSPS) is 11.6. The molecule has 0 saturated carbocycles. The second-order valence-electron chi connectivity index (χ2n) is 9.60. The van der Waals surface area contributed by atoms with E-state index in [2.05, 4.69) is 0 Å². The first-order valence-electron chi connectivity index (χ1n) is 15.0. The van der Waals surface area contributed by atoms with E-state index in [1.807, 2.05) is 30.3 Å². The molecule has 1 aromatic rings. The Morgan fingerprint density at radius 2 is 1.02 bits per heavy atom. The van der Waals surface area contributed by atoms with Gasteiger partial charge in [-0.2, -0.15) is 0 Å². The Morgan fingerprint density at radius 3 is 1.45 bits per heavy atom. The first kappa shape index (κ1) is 38.2. The lowest BCUT2D eigenvalue weighted by Crippen LogP contribution is -2.40. The number of hydrogen-bond acceptors (Lipinski definition) is 11. The maximum Gasteiger partial charge on any atom is 0.333 e. The lowest BCUT2D eigenvalue weighted by molar-refractivity contribution is -0.138. The van der Waals surface area contributed by atoms with Gasteiger partial charge in [0.2, 0.25) is 0 Å². The van der Waals surface area contributed by atoms with Crippen molar-refractivity contribution in [1.29, 1.82) is 0 Å². The molecule has 0 atom stereocenters. The Hall–Kier alpha value is -3.83. The van der Waals surface area contributed by atoms with E-state index >= 15 is 0 Å². The quantitative estimate of drug-likeness (QED) is 0.0454. The maximum atomic E-state index is 11.7. The minimum Gasteiger partial charge on any atom is -0.500 e. The lowest BCUT2D eigenvalue weighted by atomic mass is 9.92. The largest absolute Gasteiger partial charge is 0.500 e. The molecule has 0 bridgehead atoms. The number of hydrogen-bond donors (Lipinski definition) is 0. The highest BCUT2D eigenvalue weighted by atomic mass is 16.5. The molecule has 11 heteroatoms. The van der Waals surface area contributed by atoms with Gasteiger partial charge in [-0.3, -0.25) is 0 Å². The van der Waals surface area contributed by atoms with Crippen LogP contribution in [-0.2, 0) is 58.9 Å². The van der Waals surface area contributed by atoms with Crippen LogP contribution in [-0.4, -0.2) is 77.4 Å². The Morgan fingerprint density at radius 1 is 0.591 bits per heavy atom. The van der Waals surface area contributed by atoms with Crippen molar-refractivity contribution in [3.8, 4) is 0 Å². The van der Waals surface area contributed by atoms with Crippen LogP contribution in [0.25, 0.3) is 0 Å². The number of carbonyl (C=O) groups excluding carboxylic acids is 3. The van der Waals surface area contributed by atoms with Crippen LogP contribution in [0.3, 0.4) is 0 Å². The molecule has 1 rings (SSSR count). The van der Waals surface area contributed by atoms with Gasteiger partial charge in [0.25, 0.3) is 0 Å². The van der Waals surface area contributed by atoms with E-state index in [1.54, 1.807) is 20.8 Å². The number of unbranched alkanes of at least 4 members (excludes halogenated alkanes) is 3. The van der Waals surface area contributed by atoms with Gasteiger partial charge in [-0.15, -0.1) is 0 Å². The Balaban J connectivity index is 2.70. The SMILES string of the molecule is CCOC(=O)/C=C\OCC(CO/C=C/C(=O)OCC)(CO/C=C/C(=O)OCC)COCCCCCCOCc1ccccc1. The van der Waals surface area contributed by atoms with Crippen LogP contribution in [0.5, 0.6) is 0 Å². The minimum absolute atomic E-state index is 0.0299. The van der Waals surface area contributed by atoms with Crippen molar-refractivity contribution >= 4 is 17.9 Å². The summed E-state index contributed by atoms with van der Waals surface area (Å²) in [5.74, 6) is -1.62. The van der Waals surface area contributed by atoms with Gasteiger partial charge >= 0.3 is 17.9 Å². The standard InChI is InChI=1S/C33H48O11/c1-4-42-30(34)16-21-39-26-33(27-40-22-17-31(35)43-5-2,28-41-23-18-32(36)44-6-3)25-38-20-13-8-7-12-19-37-24-29-14-10-9-11-15-29/h9-11,14-18,21-23H,4-8,12-13,19-20,24-28H2,1-3H3/b21-16-,22-17+,23-18+. The first-order valence-corrected chi connectivity index (χ1v) is 15.0. The molecule has 0 aliphatic rings. The Bertz CT molecular complexity index is 910. The summed E-state index contributed by atoms with van der Waals surface area (Å²) in [5.41, 5.74) is 0.271. The highest BCUT2D eigenvalue weighted by Crippen LogP contribution is 2.22. The molecule has 0 heterocycles. The number of esters is 3. The van der Waals surface area contributed by atoms with Crippen molar-refractivity contribution in [2.45, 2.75) is 53.1 Å². The van der Waals surface area contributed by atoms with E-state index in [4.69, 9.17) is 37.9 Å². The topological polar surface area (TPSA) is 125 Å². The third kappa shape index (κ3) is 20.1. The lowest BCUT2D eigenvalue weighted by Gasteiger charge is -2.31. The fourth-order valence-electron chi connectivity index (χ4n) is 3.62. The van der Waals surface area contributed by atoms with Crippen molar-refractivity contribution in [3.05, 3.63) is 72.9 Å². The van der Waals surface area contributed by atoms with E-state index in [0.717, 1.165) is 31.2 Å². The molecule has 0 saturated heterocycles. The summed E-state index contributed by atoms with van der Waals surface area (Å²) in [6.07, 6.45) is 11.0. The highest BCUT2D eigenvalue weighted by molar-refractivity contribution is 5.82. The zero-order valence-electron chi connectivity index (χ0n) is 26.2. The summed E-state index contributed by atoms with van der Waals surface area (Å²) in [7, 11) is 0. The van der Waals surface area contributed by atoms with E-state index in [0.29, 0.717) is 19.8 Å². The predicted octanol–water partition coefficient (Wildman–Crippen LogP) is 5.05. The van der Waals surface area contributed by atoms with Crippen molar-refractivity contribution in [2.24, 2.45) is 5.41 Å². The maximum absolute atomic E-state index is 11.7. The van der Waals surface area contributed by atoms with Gasteiger partial charge < -0.3 is 37.9 Å². The number of carbonyl (C=O) groups is 3. The van der Waals surface area contributed by atoms with Crippen LogP contribution >= 0.6 is 0 Å². The third-order valence-corrected chi connectivity index (χ3v) is 5.78.